The van der Waals surface area contributed by atoms with E-state index in [2.05, 4.69) is 21.2 Å². The minimum absolute atomic E-state index is 0. The van der Waals surface area contributed by atoms with Crippen molar-refractivity contribution in [1.82, 2.24) is 5.32 Å². The highest BCUT2D eigenvalue weighted by molar-refractivity contribution is 9.10. The Morgan fingerprint density at radius 2 is 1.83 bits per heavy atom. The number of carbonyl (C=O) groups excluding carboxylic acids is 1. The van der Waals surface area contributed by atoms with Crippen LogP contribution in [0.4, 0.5) is 0 Å². The second-order valence-corrected chi connectivity index (χ2v) is 6.35. The van der Waals surface area contributed by atoms with Crippen molar-refractivity contribution in [3.8, 4) is 5.75 Å². The first-order valence-corrected chi connectivity index (χ1v) is 8.27. The second-order valence-electron chi connectivity index (χ2n) is 5.49. The van der Waals surface area contributed by atoms with Crippen molar-refractivity contribution < 1.29 is 9.53 Å². The standard InChI is InChI=1S/C18H21BrN2O2.ClH/c1-12-7-9-14(10-8-12)17(20)18(22)21-11-13(2)23-16-6-4-3-5-15(16)19;/h3-10,13,17H,11,20H2,1-2H3,(H,21,22);1H. The molecule has 0 fully saturated rings. The van der Waals surface area contributed by atoms with Gasteiger partial charge < -0.3 is 15.8 Å². The molecule has 2 rings (SSSR count). The van der Waals surface area contributed by atoms with E-state index in [0.29, 0.717) is 6.54 Å². The van der Waals surface area contributed by atoms with Crippen LogP contribution < -0.4 is 15.8 Å². The van der Waals surface area contributed by atoms with Crippen LogP contribution in [0.25, 0.3) is 0 Å². The highest BCUT2D eigenvalue weighted by atomic mass is 79.9. The number of nitrogens with one attached hydrogen (secondary N) is 1. The minimum Gasteiger partial charge on any atom is -0.488 e. The van der Waals surface area contributed by atoms with Crippen LogP contribution in [-0.2, 0) is 4.79 Å². The predicted octanol–water partition coefficient (Wildman–Crippen LogP) is 3.76. The quantitative estimate of drug-likeness (QED) is 0.758. The topological polar surface area (TPSA) is 64.4 Å². The summed E-state index contributed by atoms with van der Waals surface area (Å²) in [6.07, 6.45) is -0.164. The number of hydrogen-bond donors (Lipinski definition) is 2. The fourth-order valence-corrected chi connectivity index (χ4v) is 2.46. The van der Waals surface area contributed by atoms with Gasteiger partial charge in [-0.3, -0.25) is 4.79 Å². The molecule has 2 atom stereocenters. The highest BCUT2D eigenvalue weighted by Crippen LogP contribution is 2.24. The fourth-order valence-electron chi connectivity index (χ4n) is 2.08. The number of rotatable bonds is 6. The summed E-state index contributed by atoms with van der Waals surface area (Å²) in [4.78, 5) is 12.2. The van der Waals surface area contributed by atoms with E-state index in [0.717, 1.165) is 21.3 Å². The van der Waals surface area contributed by atoms with Crippen LogP contribution in [0.2, 0.25) is 0 Å². The first-order chi connectivity index (χ1) is 11.0. The third-order valence-corrected chi connectivity index (χ3v) is 4.10. The Labute approximate surface area is 157 Å². The number of halogens is 2. The van der Waals surface area contributed by atoms with Crippen molar-refractivity contribution in [2.24, 2.45) is 5.73 Å². The molecule has 6 heteroatoms. The van der Waals surface area contributed by atoms with E-state index in [4.69, 9.17) is 10.5 Å². The lowest BCUT2D eigenvalue weighted by Crippen LogP contribution is -2.39. The molecule has 0 aliphatic heterocycles. The van der Waals surface area contributed by atoms with Crippen LogP contribution in [0.1, 0.15) is 24.1 Å². The largest absolute Gasteiger partial charge is 0.488 e. The Balaban J connectivity index is 0.00000288. The summed E-state index contributed by atoms with van der Waals surface area (Å²) in [5, 5.41) is 2.83. The van der Waals surface area contributed by atoms with Crippen LogP contribution in [0.3, 0.4) is 0 Å². The van der Waals surface area contributed by atoms with Gasteiger partial charge in [-0.15, -0.1) is 12.4 Å². The molecule has 4 nitrogen and oxygen atoms in total. The van der Waals surface area contributed by atoms with E-state index in [-0.39, 0.29) is 24.4 Å². The molecular formula is C18H22BrClN2O2. The molecular weight excluding hydrogens is 392 g/mol. The van der Waals surface area contributed by atoms with Gasteiger partial charge in [-0.25, -0.2) is 0 Å². The molecule has 0 bridgehead atoms. The predicted molar refractivity (Wildman–Crippen MR) is 103 cm³/mol. The van der Waals surface area contributed by atoms with Crippen LogP contribution in [-0.4, -0.2) is 18.6 Å². The van der Waals surface area contributed by atoms with Gasteiger partial charge >= 0.3 is 0 Å². The highest BCUT2D eigenvalue weighted by Gasteiger charge is 2.16. The average molecular weight is 414 g/mol. The van der Waals surface area contributed by atoms with Crippen molar-refractivity contribution >= 4 is 34.2 Å². The summed E-state index contributed by atoms with van der Waals surface area (Å²) in [6.45, 7) is 4.28. The summed E-state index contributed by atoms with van der Waals surface area (Å²) in [5.41, 5.74) is 7.93. The fraction of sp³-hybridized carbons (Fsp3) is 0.278. The molecule has 0 spiro atoms. The smallest absolute Gasteiger partial charge is 0.241 e. The van der Waals surface area contributed by atoms with E-state index < -0.39 is 6.04 Å². The maximum absolute atomic E-state index is 12.2. The number of aryl methyl sites for hydroxylation is 1. The monoisotopic (exact) mass is 412 g/mol. The third-order valence-electron chi connectivity index (χ3n) is 3.45. The summed E-state index contributed by atoms with van der Waals surface area (Å²) < 4.78 is 6.68. The molecule has 3 N–H and O–H groups in total. The maximum Gasteiger partial charge on any atom is 0.241 e. The molecule has 2 aromatic rings. The van der Waals surface area contributed by atoms with Gasteiger partial charge in [0.15, 0.2) is 0 Å². The number of hydrogen-bond acceptors (Lipinski definition) is 3. The zero-order chi connectivity index (χ0) is 16.8. The molecule has 0 aliphatic rings. The Morgan fingerprint density at radius 3 is 2.46 bits per heavy atom. The number of para-hydroxylation sites is 1. The summed E-state index contributed by atoms with van der Waals surface area (Å²) in [6, 6.07) is 14.6. The normalized spacial score (nSPS) is 12.7. The number of amides is 1. The zero-order valence-electron chi connectivity index (χ0n) is 13.7. The Bertz CT molecular complexity index is 664. The summed E-state index contributed by atoms with van der Waals surface area (Å²) >= 11 is 3.43. The van der Waals surface area contributed by atoms with E-state index in [1.807, 2.05) is 62.4 Å². The lowest BCUT2D eigenvalue weighted by Gasteiger charge is -2.18. The number of ether oxygens (including phenoxy) is 1. The molecule has 2 unspecified atom stereocenters. The SMILES string of the molecule is Cc1ccc(C(N)C(=O)NCC(C)Oc2ccccc2Br)cc1.Cl. The molecule has 2 aromatic carbocycles. The van der Waals surface area contributed by atoms with Crippen LogP contribution in [0.5, 0.6) is 5.75 Å². The van der Waals surface area contributed by atoms with Crippen LogP contribution in [0.15, 0.2) is 53.0 Å². The molecule has 1 amide bonds. The number of benzene rings is 2. The van der Waals surface area contributed by atoms with Crippen molar-refractivity contribution in [3.05, 3.63) is 64.1 Å². The van der Waals surface area contributed by atoms with Gasteiger partial charge in [-0.05, 0) is 47.5 Å². The van der Waals surface area contributed by atoms with E-state index in [1.165, 1.54) is 0 Å². The molecule has 130 valence electrons. The van der Waals surface area contributed by atoms with Gasteiger partial charge in [0.25, 0.3) is 0 Å². The molecule has 24 heavy (non-hydrogen) atoms. The molecule has 0 saturated carbocycles. The second kappa shape index (κ2) is 9.67. The summed E-state index contributed by atoms with van der Waals surface area (Å²) in [5.74, 6) is 0.536. The molecule has 0 aliphatic carbocycles. The minimum atomic E-state index is -0.675. The van der Waals surface area contributed by atoms with Crippen molar-refractivity contribution in [3.63, 3.8) is 0 Å². The number of nitrogens with two attached hydrogens (primary N) is 1. The van der Waals surface area contributed by atoms with E-state index in [9.17, 15) is 4.79 Å². The van der Waals surface area contributed by atoms with Gasteiger partial charge in [-0.1, -0.05) is 42.0 Å². The molecule has 0 radical (unpaired) electrons. The average Bonchev–Trinajstić information content (AvgIpc) is 2.55. The van der Waals surface area contributed by atoms with Crippen molar-refractivity contribution in [2.75, 3.05) is 6.54 Å². The Hall–Kier alpha value is -1.56. The van der Waals surface area contributed by atoms with E-state index in [1.54, 1.807) is 0 Å². The summed E-state index contributed by atoms with van der Waals surface area (Å²) in [7, 11) is 0. The lowest BCUT2D eigenvalue weighted by molar-refractivity contribution is -0.122. The maximum atomic E-state index is 12.2. The third kappa shape index (κ3) is 5.82. The van der Waals surface area contributed by atoms with E-state index >= 15 is 0 Å². The molecule has 0 saturated heterocycles. The molecule has 0 aromatic heterocycles. The first-order valence-electron chi connectivity index (χ1n) is 7.48. The molecule has 0 heterocycles. The lowest BCUT2D eigenvalue weighted by atomic mass is 10.1. The van der Waals surface area contributed by atoms with Crippen LogP contribution in [0, 0.1) is 6.92 Å². The van der Waals surface area contributed by atoms with Gasteiger partial charge in [0.05, 0.1) is 11.0 Å². The van der Waals surface area contributed by atoms with Gasteiger partial charge in [-0.2, -0.15) is 0 Å². The Kier molecular flexibility index (Phi) is 8.25. The van der Waals surface area contributed by atoms with Gasteiger partial charge in [0.1, 0.15) is 17.9 Å². The van der Waals surface area contributed by atoms with Gasteiger partial charge in [0, 0.05) is 0 Å². The van der Waals surface area contributed by atoms with Crippen molar-refractivity contribution in [2.45, 2.75) is 26.0 Å². The Morgan fingerprint density at radius 1 is 1.21 bits per heavy atom. The van der Waals surface area contributed by atoms with Crippen LogP contribution >= 0.6 is 28.3 Å². The zero-order valence-corrected chi connectivity index (χ0v) is 16.1. The first kappa shape index (κ1) is 20.5. The van der Waals surface area contributed by atoms with Crippen molar-refractivity contribution in [1.29, 1.82) is 0 Å². The van der Waals surface area contributed by atoms with Gasteiger partial charge in [0.2, 0.25) is 5.91 Å². The number of carbonyl (C=O) groups is 1.